The Labute approximate surface area is 171 Å². The zero-order valence-corrected chi connectivity index (χ0v) is 16.8. The van der Waals surface area contributed by atoms with Crippen LogP contribution >= 0.6 is 0 Å². The summed E-state index contributed by atoms with van der Waals surface area (Å²) in [7, 11) is 0. The van der Waals surface area contributed by atoms with Gasteiger partial charge in [0.2, 0.25) is 0 Å². The first-order chi connectivity index (χ1) is 14.2. The largest absolute Gasteiger partial charge is 0.459 e. The van der Waals surface area contributed by atoms with Crippen LogP contribution in [0.3, 0.4) is 0 Å². The number of hydrogen-bond donors (Lipinski definition) is 2. The van der Waals surface area contributed by atoms with Crippen LogP contribution in [0.4, 0.5) is 0 Å². The second kappa shape index (κ2) is 9.27. The molecule has 1 aliphatic carbocycles. The van der Waals surface area contributed by atoms with E-state index in [9.17, 15) is 9.59 Å². The molecule has 2 fully saturated rings. The molecule has 1 unspecified atom stereocenters. The minimum atomic E-state index is -0.237. The molecule has 0 spiro atoms. The number of furan rings is 1. The maximum absolute atomic E-state index is 13.3. The third-order valence-electron chi connectivity index (χ3n) is 6.18. The summed E-state index contributed by atoms with van der Waals surface area (Å²) in [4.78, 5) is 28.9. The molecule has 154 valence electrons. The average Bonchev–Trinajstić information content (AvgIpc) is 3.30. The number of quaternary nitrogens is 1. The second-order valence-corrected chi connectivity index (χ2v) is 8.11. The highest BCUT2D eigenvalue weighted by Crippen LogP contribution is 2.19. The summed E-state index contributed by atoms with van der Waals surface area (Å²) in [6, 6.07) is 13.5. The fourth-order valence-corrected chi connectivity index (χ4v) is 4.59. The number of carbonyl (C=O) groups is 2. The van der Waals surface area contributed by atoms with Gasteiger partial charge in [0.25, 0.3) is 11.8 Å². The first-order valence-corrected chi connectivity index (χ1v) is 10.7. The Hall–Kier alpha value is -2.60. The summed E-state index contributed by atoms with van der Waals surface area (Å²) in [6.45, 7) is 2.72. The predicted molar refractivity (Wildman–Crippen MR) is 110 cm³/mol. The van der Waals surface area contributed by atoms with E-state index in [0.717, 1.165) is 31.5 Å². The van der Waals surface area contributed by atoms with Crippen LogP contribution in [0.25, 0.3) is 0 Å². The lowest BCUT2D eigenvalue weighted by Gasteiger charge is -2.36. The summed E-state index contributed by atoms with van der Waals surface area (Å²) in [5.74, 6) is 0.420. The molecule has 2 amide bonds. The van der Waals surface area contributed by atoms with E-state index in [0.29, 0.717) is 24.9 Å². The van der Waals surface area contributed by atoms with Crippen LogP contribution < -0.4 is 10.2 Å². The van der Waals surface area contributed by atoms with E-state index in [1.165, 1.54) is 30.4 Å². The van der Waals surface area contributed by atoms with E-state index >= 15 is 0 Å². The number of hydrogen-bond acceptors (Lipinski definition) is 3. The lowest BCUT2D eigenvalue weighted by molar-refractivity contribution is -0.925. The SMILES string of the molecule is O=C(NC1CCCCC1)C(c1ccccc1)[NH+]1CCN(C(=O)c2ccco2)CC1. The fourth-order valence-electron chi connectivity index (χ4n) is 4.59. The Kier molecular flexibility index (Phi) is 6.30. The maximum atomic E-state index is 13.3. The molecule has 2 aromatic rings. The van der Waals surface area contributed by atoms with E-state index in [1.54, 1.807) is 12.1 Å². The molecular weight excluding hydrogens is 366 g/mol. The molecule has 1 aliphatic heterocycles. The maximum Gasteiger partial charge on any atom is 0.289 e. The minimum Gasteiger partial charge on any atom is -0.459 e. The standard InChI is InChI=1S/C23H29N3O3/c27-22(24-19-10-5-2-6-11-19)21(18-8-3-1-4-9-18)25-13-15-26(16-14-25)23(28)20-12-7-17-29-20/h1,3-4,7-9,12,17,19,21H,2,5-6,10-11,13-16H2,(H,24,27)/p+1. The molecule has 0 radical (unpaired) electrons. The highest BCUT2D eigenvalue weighted by atomic mass is 16.3. The number of nitrogens with zero attached hydrogens (tertiary/aromatic N) is 1. The van der Waals surface area contributed by atoms with Gasteiger partial charge in [-0.25, -0.2) is 0 Å². The number of nitrogens with one attached hydrogen (secondary N) is 2. The molecule has 1 saturated carbocycles. The van der Waals surface area contributed by atoms with Crippen LogP contribution in [0, 0.1) is 0 Å². The van der Waals surface area contributed by atoms with Gasteiger partial charge >= 0.3 is 0 Å². The van der Waals surface area contributed by atoms with Crippen LogP contribution in [0.5, 0.6) is 0 Å². The Morgan fingerprint density at radius 3 is 2.38 bits per heavy atom. The van der Waals surface area contributed by atoms with Gasteiger partial charge in [-0.2, -0.15) is 0 Å². The molecule has 29 heavy (non-hydrogen) atoms. The number of piperazine rings is 1. The quantitative estimate of drug-likeness (QED) is 0.810. The van der Waals surface area contributed by atoms with Crippen LogP contribution in [0.1, 0.15) is 54.3 Å². The minimum absolute atomic E-state index is 0.0723. The van der Waals surface area contributed by atoms with Gasteiger partial charge in [0.05, 0.1) is 32.4 Å². The van der Waals surface area contributed by atoms with Crippen molar-refractivity contribution in [3.8, 4) is 0 Å². The zero-order chi connectivity index (χ0) is 20.1. The highest BCUT2D eigenvalue weighted by Gasteiger charge is 2.36. The van der Waals surface area contributed by atoms with Crippen LogP contribution in [0.15, 0.2) is 53.1 Å². The highest BCUT2D eigenvalue weighted by molar-refractivity contribution is 5.91. The first-order valence-electron chi connectivity index (χ1n) is 10.7. The lowest BCUT2D eigenvalue weighted by atomic mass is 9.94. The Balaban J connectivity index is 1.44. The summed E-state index contributed by atoms with van der Waals surface area (Å²) >= 11 is 0. The van der Waals surface area contributed by atoms with E-state index in [2.05, 4.69) is 5.32 Å². The average molecular weight is 397 g/mol. The van der Waals surface area contributed by atoms with Crippen molar-refractivity contribution in [1.82, 2.24) is 10.2 Å². The summed E-state index contributed by atoms with van der Waals surface area (Å²) in [5, 5.41) is 3.32. The van der Waals surface area contributed by atoms with Crippen molar-refractivity contribution in [2.45, 2.75) is 44.2 Å². The number of carbonyl (C=O) groups excluding carboxylic acids is 2. The van der Waals surface area contributed by atoms with Gasteiger partial charge in [-0.1, -0.05) is 49.6 Å². The Bertz CT molecular complexity index is 792. The summed E-state index contributed by atoms with van der Waals surface area (Å²) in [5.41, 5.74) is 1.04. The fraction of sp³-hybridized carbons (Fsp3) is 0.478. The van der Waals surface area contributed by atoms with Gasteiger partial charge in [0.1, 0.15) is 0 Å². The number of amides is 2. The summed E-state index contributed by atoms with van der Waals surface area (Å²) < 4.78 is 5.25. The van der Waals surface area contributed by atoms with Crippen molar-refractivity contribution in [2.75, 3.05) is 26.2 Å². The predicted octanol–water partition coefficient (Wildman–Crippen LogP) is 1.81. The van der Waals surface area contributed by atoms with Crippen LogP contribution in [0.2, 0.25) is 0 Å². The zero-order valence-electron chi connectivity index (χ0n) is 16.8. The van der Waals surface area contributed by atoms with Crippen molar-refractivity contribution in [3.63, 3.8) is 0 Å². The molecule has 6 heteroatoms. The first kappa shape index (κ1) is 19.7. The normalized spacial score (nSPS) is 19.7. The lowest BCUT2D eigenvalue weighted by Crippen LogP contribution is -3.16. The van der Waals surface area contributed by atoms with Crippen molar-refractivity contribution >= 4 is 11.8 Å². The molecule has 1 atom stereocenters. The van der Waals surface area contributed by atoms with E-state index in [-0.39, 0.29) is 17.9 Å². The van der Waals surface area contributed by atoms with E-state index in [4.69, 9.17) is 4.42 Å². The van der Waals surface area contributed by atoms with Gasteiger partial charge in [-0.3, -0.25) is 9.59 Å². The second-order valence-electron chi connectivity index (χ2n) is 8.11. The molecule has 1 saturated heterocycles. The number of benzene rings is 1. The molecule has 2 aliphatic rings. The topological polar surface area (TPSA) is 67.0 Å². The van der Waals surface area contributed by atoms with Crippen LogP contribution in [-0.4, -0.2) is 48.9 Å². The summed E-state index contributed by atoms with van der Waals surface area (Å²) in [6.07, 6.45) is 7.34. The molecule has 6 nitrogen and oxygen atoms in total. The van der Waals surface area contributed by atoms with Gasteiger partial charge < -0.3 is 19.5 Å². The smallest absolute Gasteiger partial charge is 0.289 e. The van der Waals surface area contributed by atoms with Crippen molar-refractivity contribution in [1.29, 1.82) is 0 Å². The van der Waals surface area contributed by atoms with E-state index < -0.39 is 0 Å². The Morgan fingerprint density at radius 1 is 1.00 bits per heavy atom. The monoisotopic (exact) mass is 396 g/mol. The van der Waals surface area contributed by atoms with Crippen molar-refractivity contribution in [3.05, 3.63) is 60.1 Å². The molecule has 2 N–H and O–H groups in total. The van der Waals surface area contributed by atoms with Gasteiger partial charge in [-0.15, -0.1) is 0 Å². The third kappa shape index (κ3) is 4.70. The number of rotatable bonds is 5. The molecule has 4 rings (SSSR count). The molecule has 0 bridgehead atoms. The van der Waals surface area contributed by atoms with Crippen molar-refractivity contribution < 1.29 is 18.9 Å². The van der Waals surface area contributed by atoms with E-state index in [1.807, 2.05) is 35.2 Å². The third-order valence-corrected chi connectivity index (χ3v) is 6.18. The molecule has 1 aromatic heterocycles. The van der Waals surface area contributed by atoms with Gasteiger partial charge in [0, 0.05) is 11.6 Å². The van der Waals surface area contributed by atoms with Gasteiger partial charge in [-0.05, 0) is 25.0 Å². The van der Waals surface area contributed by atoms with Gasteiger partial charge in [0.15, 0.2) is 11.8 Å². The molecule has 2 heterocycles. The molecular formula is C23H30N3O3+. The van der Waals surface area contributed by atoms with Crippen LogP contribution in [-0.2, 0) is 4.79 Å². The van der Waals surface area contributed by atoms with Crippen molar-refractivity contribution in [2.24, 2.45) is 0 Å². The molecule has 1 aromatic carbocycles. The Morgan fingerprint density at radius 2 is 1.72 bits per heavy atom.